The summed E-state index contributed by atoms with van der Waals surface area (Å²) in [5, 5.41) is 13.5. The minimum absolute atomic E-state index is 0.0338. The van der Waals surface area contributed by atoms with Crippen LogP contribution in [0.1, 0.15) is 28.9 Å². The molecule has 1 aromatic heterocycles. The van der Waals surface area contributed by atoms with Gasteiger partial charge in [0.1, 0.15) is 5.69 Å². The van der Waals surface area contributed by atoms with E-state index in [0.29, 0.717) is 5.56 Å². The molecule has 0 spiro atoms. The normalized spacial score (nSPS) is 12.2. The fourth-order valence-corrected chi connectivity index (χ4v) is 1.32. The summed E-state index contributed by atoms with van der Waals surface area (Å²) < 4.78 is 35.7. The van der Waals surface area contributed by atoms with Gasteiger partial charge >= 0.3 is 6.18 Å². The number of aromatic nitrogens is 1. The number of hydrogen-bond acceptors (Lipinski definition) is 4. The van der Waals surface area contributed by atoms with Crippen LogP contribution in [-0.4, -0.2) is 34.7 Å². The lowest BCUT2D eigenvalue weighted by Crippen LogP contribution is -2.26. The summed E-state index contributed by atoms with van der Waals surface area (Å²) in [5.74, 6) is -0.743. The van der Waals surface area contributed by atoms with Crippen molar-refractivity contribution in [1.29, 1.82) is 0 Å². The van der Waals surface area contributed by atoms with Crippen molar-refractivity contribution in [2.75, 3.05) is 6.54 Å². The van der Waals surface area contributed by atoms with E-state index in [1.165, 1.54) is 18.3 Å². The maximum absolute atomic E-state index is 11.9. The Morgan fingerprint density at radius 1 is 1.45 bits per heavy atom. The van der Waals surface area contributed by atoms with Gasteiger partial charge in [0, 0.05) is 24.7 Å². The van der Waals surface area contributed by atoms with Crippen LogP contribution in [0.3, 0.4) is 0 Å². The van der Waals surface area contributed by atoms with E-state index in [4.69, 9.17) is 10.9 Å². The van der Waals surface area contributed by atoms with Crippen molar-refractivity contribution in [1.82, 2.24) is 10.3 Å². The van der Waals surface area contributed by atoms with Crippen molar-refractivity contribution in [3.8, 4) is 0 Å². The lowest BCUT2D eigenvalue weighted by molar-refractivity contribution is -0.135. The highest BCUT2D eigenvalue weighted by atomic mass is 19.4. The highest BCUT2D eigenvalue weighted by Crippen LogP contribution is 2.20. The van der Waals surface area contributed by atoms with Crippen LogP contribution < -0.4 is 11.1 Å². The molecule has 0 aliphatic carbocycles. The van der Waals surface area contributed by atoms with E-state index < -0.39 is 18.5 Å². The van der Waals surface area contributed by atoms with Crippen LogP contribution in [-0.2, 0) is 0 Å². The van der Waals surface area contributed by atoms with Gasteiger partial charge in [0.2, 0.25) is 0 Å². The molecule has 0 aliphatic heterocycles. The molecule has 0 atom stereocenters. The number of carbonyl (C=O) groups is 1. The first-order chi connectivity index (χ1) is 9.33. The third-order valence-corrected chi connectivity index (χ3v) is 2.32. The van der Waals surface area contributed by atoms with Crippen molar-refractivity contribution in [2.24, 2.45) is 10.9 Å². The number of nitrogens with two attached hydrogens (primary N) is 1. The third kappa shape index (κ3) is 5.12. The molecule has 1 heterocycles. The van der Waals surface area contributed by atoms with Gasteiger partial charge in [-0.15, -0.1) is 0 Å². The molecule has 0 saturated heterocycles. The van der Waals surface area contributed by atoms with Crippen LogP contribution in [0.2, 0.25) is 0 Å². The van der Waals surface area contributed by atoms with Crippen LogP contribution in [0.4, 0.5) is 13.2 Å². The monoisotopic (exact) mass is 290 g/mol. The van der Waals surface area contributed by atoms with Crippen LogP contribution >= 0.6 is 0 Å². The first-order valence-corrected chi connectivity index (χ1v) is 5.62. The van der Waals surface area contributed by atoms with E-state index in [1.807, 2.05) is 0 Å². The van der Waals surface area contributed by atoms with Crippen LogP contribution in [0, 0.1) is 0 Å². The molecule has 1 amide bonds. The Morgan fingerprint density at radius 2 is 2.15 bits per heavy atom. The van der Waals surface area contributed by atoms with Crippen molar-refractivity contribution < 1.29 is 23.2 Å². The van der Waals surface area contributed by atoms with Gasteiger partial charge in [0.15, 0.2) is 5.84 Å². The number of nitrogens with one attached hydrogen (secondary N) is 1. The lowest BCUT2D eigenvalue weighted by atomic mass is 10.2. The van der Waals surface area contributed by atoms with Crippen molar-refractivity contribution in [3.63, 3.8) is 0 Å². The Bertz CT molecular complexity index is 485. The van der Waals surface area contributed by atoms with Gasteiger partial charge in [-0.3, -0.25) is 9.78 Å². The first-order valence-electron chi connectivity index (χ1n) is 5.62. The summed E-state index contributed by atoms with van der Waals surface area (Å²) in [6.07, 6.45) is -4.16. The van der Waals surface area contributed by atoms with E-state index >= 15 is 0 Å². The Labute approximate surface area is 112 Å². The summed E-state index contributed by atoms with van der Waals surface area (Å²) in [6, 6.07) is 2.74. The molecule has 0 radical (unpaired) electrons. The largest absolute Gasteiger partial charge is 0.409 e. The number of nitrogens with zero attached hydrogens (tertiary/aromatic N) is 2. The van der Waals surface area contributed by atoms with Gasteiger partial charge < -0.3 is 16.3 Å². The minimum atomic E-state index is -4.23. The second-order valence-electron chi connectivity index (χ2n) is 3.89. The van der Waals surface area contributed by atoms with Gasteiger partial charge in [0.25, 0.3) is 5.91 Å². The quantitative estimate of drug-likeness (QED) is 0.250. The number of halogens is 3. The fourth-order valence-electron chi connectivity index (χ4n) is 1.32. The molecule has 110 valence electrons. The summed E-state index contributed by atoms with van der Waals surface area (Å²) in [7, 11) is 0. The fraction of sp³-hybridized carbons (Fsp3) is 0.364. The second-order valence-corrected chi connectivity index (χ2v) is 3.89. The van der Waals surface area contributed by atoms with Gasteiger partial charge in [-0.2, -0.15) is 13.2 Å². The number of hydrogen-bond donors (Lipinski definition) is 3. The number of oxime groups is 1. The predicted octanol–water partition coefficient (Wildman–Crippen LogP) is 1.25. The zero-order valence-electron chi connectivity index (χ0n) is 10.3. The van der Waals surface area contributed by atoms with E-state index in [9.17, 15) is 18.0 Å². The van der Waals surface area contributed by atoms with Gasteiger partial charge in [-0.05, 0) is 18.6 Å². The van der Waals surface area contributed by atoms with Crippen molar-refractivity contribution in [3.05, 3.63) is 29.6 Å². The molecule has 9 heteroatoms. The molecule has 1 aromatic rings. The molecule has 6 nitrogen and oxygen atoms in total. The predicted molar refractivity (Wildman–Crippen MR) is 64.4 cm³/mol. The number of amides is 1. The van der Waals surface area contributed by atoms with E-state index in [2.05, 4.69) is 15.5 Å². The Kier molecular flexibility index (Phi) is 5.30. The lowest BCUT2D eigenvalue weighted by Gasteiger charge is -2.07. The van der Waals surface area contributed by atoms with E-state index in [1.54, 1.807) is 0 Å². The molecule has 0 saturated carbocycles. The highest BCUT2D eigenvalue weighted by Gasteiger charge is 2.26. The number of alkyl halides is 3. The Hall–Kier alpha value is -2.32. The smallest absolute Gasteiger partial charge is 0.389 e. The SMILES string of the molecule is N/C(=N/O)c1ccc(C(=O)NCCCC(F)(F)F)nc1. The molecule has 0 aromatic carbocycles. The van der Waals surface area contributed by atoms with Crippen LogP contribution in [0.5, 0.6) is 0 Å². The number of pyridine rings is 1. The van der Waals surface area contributed by atoms with Crippen molar-refractivity contribution >= 4 is 11.7 Å². The molecular weight excluding hydrogens is 277 g/mol. The van der Waals surface area contributed by atoms with E-state index in [-0.39, 0.29) is 24.5 Å². The molecule has 4 N–H and O–H groups in total. The number of amidine groups is 1. The first kappa shape index (κ1) is 15.7. The molecule has 1 rings (SSSR count). The summed E-state index contributed by atoms with van der Waals surface area (Å²) in [6.45, 7) is -0.0952. The molecular formula is C11H13F3N4O2. The molecule has 0 aliphatic rings. The molecule has 0 fully saturated rings. The second kappa shape index (κ2) is 6.73. The standard InChI is InChI=1S/C11H13F3N4O2/c12-11(13,14)4-1-5-16-10(19)8-3-2-7(6-17-8)9(15)18-20/h2-3,6,20H,1,4-5H2,(H2,15,18)(H,16,19). The summed E-state index contributed by atoms with van der Waals surface area (Å²) in [4.78, 5) is 15.3. The van der Waals surface area contributed by atoms with Gasteiger partial charge in [-0.1, -0.05) is 5.16 Å². The topological polar surface area (TPSA) is 101 Å². The van der Waals surface area contributed by atoms with Gasteiger partial charge in [0.05, 0.1) is 0 Å². The zero-order chi connectivity index (χ0) is 15.2. The zero-order valence-corrected chi connectivity index (χ0v) is 10.3. The Morgan fingerprint density at radius 3 is 2.65 bits per heavy atom. The van der Waals surface area contributed by atoms with Crippen LogP contribution in [0.25, 0.3) is 0 Å². The number of rotatable bonds is 5. The molecule has 0 unspecified atom stereocenters. The minimum Gasteiger partial charge on any atom is -0.409 e. The average molecular weight is 290 g/mol. The maximum Gasteiger partial charge on any atom is 0.389 e. The highest BCUT2D eigenvalue weighted by molar-refractivity contribution is 5.98. The Balaban J connectivity index is 2.48. The molecule has 20 heavy (non-hydrogen) atoms. The third-order valence-electron chi connectivity index (χ3n) is 2.32. The van der Waals surface area contributed by atoms with E-state index in [0.717, 1.165) is 0 Å². The van der Waals surface area contributed by atoms with Crippen LogP contribution in [0.15, 0.2) is 23.5 Å². The van der Waals surface area contributed by atoms with Gasteiger partial charge in [-0.25, -0.2) is 0 Å². The summed E-state index contributed by atoms with van der Waals surface area (Å²) >= 11 is 0. The number of carbonyl (C=O) groups excluding carboxylic acids is 1. The molecule has 0 bridgehead atoms. The van der Waals surface area contributed by atoms with Crippen molar-refractivity contribution in [2.45, 2.75) is 19.0 Å². The summed E-state index contributed by atoms with van der Waals surface area (Å²) in [5.41, 5.74) is 5.67. The maximum atomic E-state index is 11.9. The average Bonchev–Trinajstić information content (AvgIpc) is 2.41.